The van der Waals surface area contributed by atoms with Crippen LogP contribution in [0.25, 0.3) is 0 Å². The van der Waals surface area contributed by atoms with Crippen molar-refractivity contribution in [3.63, 3.8) is 0 Å². The second-order valence-corrected chi connectivity index (χ2v) is 3.70. The second kappa shape index (κ2) is 4.72. The Balaban J connectivity index is 2.70. The van der Waals surface area contributed by atoms with Gasteiger partial charge in [0.15, 0.2) is 0 Å². The van der Waals surface area contributed by atoms with Gasteiger partial charge in [-0.2, -0.15) is 0 Å². The number of amides is 1. The fraction of sp³-hybridized carbons (Fsp3) is 0.500. The van der Waals surface area contributed by atoms with Gasteiger partial charge in [0.1, 0.15) is 5.82 Å². The minimum atomic E-state index is -0.287. The van der Waals surface area contributed by atoms with Crippen LogP contribution in [-0.2, 0) is 0 Å². The molecule has 0 spiro atoms. The summed E-state index contributed by atoms with van der Waals surface area (Å²) >= 11 is 0. The number of hydrogen-bond acceptors (Lipinski definition) is 3. The van der Waals surface area contributed by atoms with E-state index in [4.69, 9.17) is 0 Å². The Hall–Kier alpha value is -1.65. The maximum Gasteiger partial charge on any atom is 0.291 e. The van der Waals surface area contributed by atoms with Gasteiger partial charge in [0, 0.05) is 12.0 Å². The van der Waals surface area contributed by atoms with Crippen LogP contribution in [0.5, 0.6) is 0 Å². The first-order chi connectivity index (χ1) is 7.04. The smallest absolute Gasteiger partial charge is 0.291 e. The van der Waals surface area contributed by atoms with Gasteiger partial charge in [0.05, 0.1) is 0 Å². The monoisotopic (exact) mass is 208 g/mol. The molecule has 5 heteroatoms. The van der Waals surface area contributed by atoms with Crippen LogP contribution < -0.4 is 5.32 Å². The molecule has 0 aliphatic carbocycles. The fourth-order valence-corrected chi connectivity index (χ4v) is 0.964. The van der Waals surface area contributed by atoms with Gasteiger partial charge in [-0.05, 0) is 6.92 Å². The fourth-order valence-electron chi connectivity index (χ4n) is 0.964. The first kappa shape index (κ1) is 11.4. The van der Waals surface area contributed by atoms with Crippen LogP contribution in [0.4, 0.5) is 0 Å². The lowest BCUT2D eigenvalue weighted by Crippen LogP contribution is -2.31. The molecule has 1 atom stereocenters. The zero-order valence-electron chi connectivity index (χ0n) is 9.24. The molecule has 0 radical (unpaired) electrons. The Labute approximate surface area is 89.0 Å². The molecule has 0 bridgehead atoms. The lowest BCUT2D eigenvalue weighted by atomic mass is 10.2. The van der Waals surface area contributed by atoms with Crippen molar-refractivity contribution < 1.29 is 4.79 Å². The van der Waals surface area contributed by atoms with Crippen LogP contribution >= 0.6 is 0 Å². The number of nitrogens with one attached hydrogen (secondary N) is 2. The lowest BCUT2D eigenvalue weighted by Gasteiger charge is -2.05. The zero-order chi connectivity index (χ0) is 11.4. The van der Waals surface area contributed by atoms with E-state index in [-0.39, 0.29) is 23.7 Å². The van der Waals surface area contributed by atoms with E-state index in [0.717, 1.165) is 0 Å². The van der Waals surface area contributed by atoms with Crippen LogP contribution in [-0.4, -0.2) is 27.1 Å². The van der Waals surface area contributed by atoms with E-state index in [1.165, 1.54) is 0 Å². The van der Waals surface area contributed by atoms with Crippen molar-refractivity contribution >= 4 is 5.91 Å². The molecule has 1 aromatic heterocycles. The SMILES string of the molecule is C=CC(C)NC(=O)c1n[nH]c(C(C)C)n1. The van der Waals surface area contributed by atoms with Gasteiger partial charge in [-0.25, -0.2) is 4.98 Å². The molecule has 82 valence electrons. The first-order valence-electron chi connectivity index (χ1n) is 4.90. The quantitative estimate of drug-likeness (QED) is 0.731. The highest BCUT2D eigenvalue weighted by molar-refractivity contribution is 5.90. The van der Waals surface area contributed by atoms with Gasteiger partial charge >= 0.3 is 0 Å². The maximum atomic E-state index is 11.5. The largest absolute Gasteiger partial charge is 0.343 e. The van der Waals surface area contributed by atoms with Crippen LogP contribution in [0.3, 0.4) is 0 Å². The molecular weight excluding hydrogens is 192 g/mol. The van der Waals surface area contributed by atoms with Crippen molar-refractivity contribution in [1.82, 2.24) is 20.5 Å². The molecule has 1 amide bonds. The van der Waals surface area contributed by atoms with E-state index in [9.17, 15) is 4.79 Å². The highest BCUT2D eigenvalue weighted by atomic mass is 16.2. The molecule has 0 saturated heterocycles. The predicted octanol–water partition coefficient (Wildman–Crippen LogP) is 1.23. The number of carbonyl (C=O) groups excluding carboxylic acids is 1. The highest BCUT2D eigenvalue weighted by Gasteiger charge is 2.14. The molecule has 1 aromatic rings. The average Bonchev–Trinajstić information content (AvgIpc) is 2.66. The maximum absolute atomic E-state index is 11.5. The summed E-state index contributed by atoms with van der Waals surface area (Å²) in [4.78, 5) is 15.6. The number of hydrogen-bond donors (Lipinski definition) is 2. The summed E-state index contributed by atoms with van der Waals surface area (Å²) in [5, 5.41) is 9.27. The van der Waals surface area contributed by atoms with E-state index >= 15 is 0 Å². The summed E-state index contributed by atoms with van der Waals surface area (Å²) in [6.45, 7) is 9.37. The number of rotatable bonds is 4. The molecule has 15 heavy (non-hydrogen) atoms. The van der Waals surface area contributed by atoms with Gasteiger partial charge in [-0.1, -0.05) is 19.9 Å². The zero-order valence-corrected chi connectivity index (χ0v) is 9.24. The van der Waals surface area contributed by atoms with Crippen molar-refractivity contribution in [3.8, 4) is 0 Å². The van der Waals surface area contributed by atoms with E-state index in [2.05, 4.69) is 27.1 Å². The normalized spacial score (nSPS) is 12.5. The summed E-state index contributed by atoms with van der Waals surface area (Å²) in [5.74, 6) is 0.834. The van der Waals surface area contributed by atoms with Crippen LogP contribution in [0, 0.1) is 0 Å². The molecule has 0 aliphatic rings. The van der Waals surface area contributed by atoms with Gasteiger partial charge < -0.3 is 5.32 Å². The molecular formula is C10H16N4O. The Morgan fingerprint density at radius 1 is 1.53 bits per heavy atom. The topological polar surface area (TPSA) is 70.7 Å². The summed E-state index contributed by atoms with van der Waals surface area (Å²) in [7, 11) is 0. The van der Waals surface area contributed by atoms with E-state index in [1.807, 2.05) is 20.8 Å². The minimum absolute atomic E-state index is 0.0847. The first-order valence-corrected chi connectivity index (χ1v) is 4.90. The molecule has 0 aliphatic heterocycles. The predicted molar refractivity (Wildman–Crippen MR) is 57.6 cm³/mol. The van der Waals surface area contributed by atoms with Crippen molar-refractivity contribution in [2.24, 2.45) is 0 Å². The van der Waals surface area contributed by atoms with Crippen molar-refractivity contribution in [2.75, 3.05) is 0 Å². The summed E-state index contributed by atoms with van der Waals surface area (Å²) < 4.78 is 0. The van der Waals surface area contributed by atoms with Crippen molar-refractivity contribution in [2.45, 2.75) is 32.7 Å². The van der Waals surface area contributed by atoms with Gasteiger partial charge in [-0.3, -0.25) is 9.89 Å². The minimum Gasteiger partial charge on any atom is -0.343 e. The summed E-state index contributed by atoms with van der Waals surface area (Å²) in [5.41, 5.74) is 0. The highest BCUT2D eigenvalue weighted by Crippen LogP contribution is 2.07. The second-order valence-electron chi connectivity index (χ2n) is 3.70. The molecule has 5 nitrogen and oxygen atoms in total. The molecule has 2 N–H and O–H groups in total. The Bertz CT molecular complexity index is 356. The van der Waals surface area contributed by atoms with Gasteiger partial charge in [0.2, 0.25) is 5.82 Å². The molecule has 1 heterocycles. The van der Waals surface area contributed by atoms with Crippen LogP contribution in [0.15, 0.2) is 12.7 Å². The number of carbonyl (C=O) groups is 1. The lowest BCUT2D eigenvalue weighted by molar-refractivity contribution is 0.0937. The average molecular weight is 208 g/mol. The number of H-pyrrole nitrogens is 1. The van der Waals surface area contributed by atoms with E-state index in [1.54, 1.807) is 6.08 Å². The van der Waals surface area contributed by atoms with Gasteiger partial charge in [-0.15, -0.1) is 11.7 Å². The summed E-state index contributed by atoms with van der Waals surface area (Å²) in [6.07, 6.45) is 1.65. The standard InChI is InChI=1S/C10H16N4O/c1-5-7(4)11-10(15)9-12-8(6(2)3)13-14-9/h5-7H,1H2,2-4H3,(H,11,15)(H,12,13,14). The Kier molecular flexibility index (Phi) is 3.60. The Morgan fingerprint density at radius 2 is 2.20 bits per heavy atom. The molecule has 0 fully saturated rings. The molecule has 0 saturated carbocycles. The van der Waals surface area contributed by atoms with Crippen molar-refractivity contribution in [1.29, 1.82) is 0 Å². The van der Waals surface area contributed by atoms with Crippen molar-refractivity contribution in [3.05, 3.63) is 24.3 Å². The number of aromatic nitrogens is 3. The van der Waals surface area contributed by atoms with E-state index in [0.29, 0.717) is 5.82 Å². The number of nitrogens with zero attached hydrogens (tertiary/aromatic N) is 2. The summed E-state index contributed by atoms with van der Waals surface area (Å²) in [6, 6.07) is -0.0847. The third kappa shape index (κ3) is 2.90. The third-order valence-corrected chi connectivity index (χ3v) is 1.96. The van der Waals surface area contributed by atoms with Gasteiger partial charge in [0.25, 0.3) is 5.91 Å². The van der Waals surface area contributed by atoms with Crippen LogP contribution in [0.2, 0.25) is 0 Å². The molecule has 1 rings (SSSR count). The Morgan fingerprint density at radius 3 is 2.67 bits per heavy atom. The van der Waals surface area contributed by atoms with E-state index < -0.39 is 0 Å². The third-order valence-electron chi connectivity index (χ3n) is 1.96. The number of aromatic amines is 1. The molecule has 1 unspecified atom stereocenters. The molecule has 0 aromatic carbocycles. The van der Waals surface area contributed by atoms with Crippen LogP contribution in [0.1, 0.15) is 43.1 Å².